The molecule has 0 aromatic carbocycles. The molecule has 1 heterocycles. The third-order valence-corrected chi connectivity index (χ3v) is 1.71. The average Bonchev–Trinajstić information content (AvgIpc) is 1.69. The van der Waals surface area contributed by atoms with E-state index in [2.05, 4.69) is 17.9 Å². The Labute approximate surface area is 49.9 Å². The lowest BCUT2D eigenvalue weighted by Gasteiger charge is -2.16. The zero-order valence-corrected chi connectivity index (χ0v) is 5.25. The molecule has 1 N–H and O–H groups in total. The molecule has 1 aliphatic rings. The molecule has 42 valence electrons. The van der Waals surface area contributed by atoms with Gasteiger partial charge in [-0.05, 0) is 19.4 Å². The Morgan fingerprint density at radius 2 is 2.43 bits per heavy atom. The van der Waals surface area contributed by atoms with E-state index in [1.54, 1.807) is 0 Å². The topological polar surface area (TPSA) is 12.0 Å². The summed E-state index contributed by atoms with van der Waals surface area (Å²) in [5.74, 6) is 0. The predicted molar refractivity (Wildman–Crippen MR) is 34.9 cm³/mol. The highest BCUT2D eigenvalue weighted by Gasteiger charge is 2.05. The minimum atomic E-state index is 0.619. The smallest absolute Gasteiger partial charge is 0.0142 e. The van der Waals surface area contributed by atoms with Crippen LogP contribution in [0.25, 0.3) is 0 Å². The molecule has 0 aromatic rings. The van der Waals surface area contributed by atoms with Crippen LogP contribution in [0.2, 0.25) is 0 Å². The van der Waals surface area contributed by atoms with Crippen molar-refractivity contribution in [2.24, 2.45) is 0 Å². The number of nitrogens with one attached hydrogen (secondary N) is 1. The Balaban J connectivity index is 2.12. The number of hydrogen-bond acceptors (Lipinski definition) is 2. The summed E-state index contributed by atoms with van der Waals surface area (Å²) in [5, 5.41) is 3.88. The SMILES string of the molecule is SC1CCCNC1. The van der Waals surface area contributed by atoms with Crippen LogP contribution in [0.3, 0.4) is 0 Å². The maximum atomic E-state index is 4.30. The van der Waals surface area contributed by atoms with Crippen molar-refractivity contribution in [1.29, 1.82) is 0 Å². The van der Waals surface area contributed by atoms with Crippen LogP contribution in [0, 0.1) is 0 Å². The van der Waals surface area contributed by atoms with E-state index in [4.69, 9.17) is 0 Å². The van der Waals surface area contributed by atoms with Gasteiger partial charge in [-0.2, -0.15) is 12.6 Å². The highest BCUT2D eigenvalue weighted by Crippen LogP contribution is 2.06. The molecule has 2 heteroatoms. The van der Waals surface area contributed by atoms with Crippen molar-refractivity contribution in [3.8, 4) is 0 Å². The van der Waals surface area contributed by atoms with Crippen molar-refractivity contribution >= 4 is 12.6 Å². The lowest BCUT2D eigenvalue weighted by atomic mass is 10.2. The Kier molecular flexibility index (Phi) is 2.00. The molecule has 0 bridgehead atoms. The van der Waals surface area contributed by atoms with Crippen LogP contribution in [0.1, 0.15) is 12.8 Å². The fourth-order valence-corrected chi connectivity index (χ4v) is 1.15. The van der Waals surface area contributed by atoms with E-state index in [1.807, 2.05) is 0 Å². The highest BCUT2D eigenvalue weighted by atomic mass is 32.1. The minimum Gasteiger partial charge on any atom is -0.316 e. The van der Waals surface area contributed by atoms with Gasteiger partial charge in [0.2, 0.25) is 0 Å². The highest BCUT2D eigenvalue weighted by molar-refractivity contribution is 7.81. The first kappa shape index (κ1) is 5.45. The Morgan fingerprint density at radius 1 is 1.57 bits per heavy atom. The first-order valence-electron chi connectivity index (χ1n) is 2.78. The number of hydrogen-bond donors (Lipinski definition) is 2. The molecular formula is C5H11NS. The van der Waals surface area contributed by atoms with Gasteiger partial charge in [0.15, 0.2) is 0 Å². The molecule has 7 heavy (non-hydrogen) atoms. The van der Waals surface area contributed by atoms with Gasteiger partial charge in [-0.25, -0.2) is 0 Å². The van der Waals surface area contributed by atoms with E-state index in [0.29, 0.717) is 5.25 Å². The molecule has 1 rings (SSSR count). The second-order valence-corrected chi connectivity index (χ2v) is 2.73. The second-order valence-electron chi connectivity index (χ2n) is 2.00. The summed E-state index contributed by atoms with van der Waals surface area (Å²) >= 11 is 4.30. The molecule has 0 saturated carbocycles. The fraction of sp³-hybridized carbons (Fsp3) is 1.00. The molecule has 1 nitrogen and oxygen atoms in total. The van der Waals surface area contributed by atoms with Crippen LogP contribution < -0.4 is 5.32 Å². The van der Waals surface area contributed by atoms with E-state index >= 15 is 0 Å². The van der Waals surface area contributed by atoms with Gasteiger partial charge < -0.3 is 5.32 Å². The first-order valence-corrected chi connectivity index (χ1v) is 3.30. The van der Waals surface area contributed by atoms with Crippen LogP contribution in [0.5, 0.6) is 0 Å². The number of rotatable bonds is 0. The summed E-state index contributed by atoms with van der Waals surface area (Å²) in [7, 11) is 0. The lowest BCUT2D eigenvalue weighted by molar-refractivity contribution is 0.533. The maximum absolute atomic E-state index is 4.30. The molecule has 1 atom stereocenters. The van der Waals surface area contributed by atoms with Crippen molar-refractivity contribution in [3.63, 3.8) is 0 Å². The van der Waals surface area contributed by atoms with Crippen LogP contribution in [-0.4, -0.2) is 18.3 Å². The molecule has 1 aliphatic heterocycles. The molecule has 1 unspecified atom stereocenters. The van der Waals surface area contributed by atoms with Gasteiger partial charge in [0.05, 0.1) is 0 Å². The van der Waals surface area contributed by atoms with E-state index in [9.17, 15) is 0 Å². The van der Waals surface area contributed by atoms with Gasteiger partial charge in [0.25, 0.3) is 0 Å². The number of piperidine rings is 1. The van der Waals surface area contributed by atoms with Crippen molar-refractivity contribution in [3.05, 3.63) is 0 Å². The predicted octanol–water partition coefficient (Wildman–Crippen LogP) is 0.668. The van der Waals surface area contributed by atoms with E-state index < -0.39 is 0 Å². The Morgan fingerprint density at radius 3 is 2.71 bits per heavy atom. The van der Waals surface area contributed by atoms with Gasteiger partial charge in [-0.15, -0.1) is 0 Å². The minimum absolute atomic E-state index is 0.619. The van der Waals surface area contributed by atoms with E-state index in [-0.39, 0.29) is 0 Å². The van der Waals surface area contributed by atoms with Gasteiger partial charge in [0.1, 0.15) is 0 Å². The standard InChI is InChI=1S/C5H11NS/c7-5-2-1-3-6-4-5/h5-7H,1-4H2. The van der Waals surface area contributed by atoms with E-state index in [1.165, 1.54) is 19.4 Å². The summed E-state index contributed by atoms with van der Waals surface area (Å²) in [6.07, 6.45) is 2.59. The van der Waals surface area contributed by atoms with Crippen molar-refractivity contribution < 1.29 is 0 Å². The molecule has 0 radical (unpaired) electrons. The summed E-state index contributed by atoms with van der Waals surface area (Å²) in [4.78, 5) is 0. The molecule has 0 aromatic heterocycles. The summed E-state index contributed by atoms with van der Waals surface area (Å²) < 4.78 is 0. The molecular weight excluding hydrogens is 106 g/mol. The zero-order chi connectivity index (χ0) is 5.11. The first-order chi connectivity index (χ1) is 3.39. The third kappa shape index (κ3) is 1.70. The van der Waals surface area contributed by atoms with Crippen molar-refractivity contribution in [2.45, 2.75) is 18.1 Å². The number of thiol groups is 1. The molecule has 0 amide bonds. The second kappa shape index (κ2) is 2.58. The summed E-state index contributed by atoms with van der Waals surface area (Å²) in [5.41, 5.74) is 0. The maximum Gasteiger partial charge on any atom is 0.0142 e. The van der Waals surface area contributed by atoms with E-state index in [0.717, 1.165) is 6.54 Å². The van der Waals surface area contributed by atoms with Gasteiger partial charge in [0, 0.05) is 11.8 Å². The van der Waals surface area contributed by atoms with Gasteiger partial charge in [-0.1, -0.05) is 0 Å². The van der Waals surface area contributed by atoms with Crippen LogP contribution in [0.15, 0.2) is 0 Å². The monoisotopic (exact) mass is 117 g/mol. The molecule has 0 aliphatic carbocycles. The van der Waals surface area contributed by atoms with Crippen LogP contribution >= 0.6 is 12.6 Å². The zero-order valence-electron chi connectivity index (χ0n) is 4.35. The molecule has 1 saturated heterocycles. The van der Waals surface area contributed by atoms with Gasteiger partial charge in [-0.3, -0.25) is 0 Å². The largest absolute Gasteiger partial charge is 0.316 e. The fourth-order valence-electron chi connectivity index (χ4n) is 0.833. The Hall–Kier alpha value is 0.310. The normalized spacial score (nSPS) is 33.0. The van der Waals surface area contributed by atoms with Crippen molar-refractivity contribution in [1.82, 2.24) is 5.32 Å². The van der Waals surface area contributed by atoms with Crippen molar-refractivity contribution in [2.75, 3.05) is 13.1 Å². The van der Waals surface area contributed by atoms with Crippen LogP contribution in [0.4, 0.5) is 0 Å². The van der Waals surface area contributed by atoms with Gasteiger partial charge >= 0.3 is 0 Å². The lowest BCUT2D eigenvalue weighted by Crippen LogP contribution is -2.29. The molecule has 0 spiro atoms. The summed E-state index contributed by atoms with van der Waals surface area (Å²) in [6, 6.07) is 0. The molecule has 1 fully saturated rings. The third-order valence-electron chi connectivity index (χ3n) is 1.27. The quantitative estimate of drug-likeness (QED) is 0.444. The van der Waals surface area contributed by atoms with Crippen LogP contribution in [-0.2, 0) is 0 Å². The average molecular weight is 117 g/mol. The summed E-state index contributed by atoms with van der Waals surface area (Å²) in [6.45, 7) is 2.29. The Bertz CT molecular complexity index is 50.0.